The number of fused-ring (bicyclic) bond motifs is 1. The van der Waals surface area contributed by atoms with Crippen LogP contribution in [0.1, 0.15) is 34.4 Å². The van der Waals surface area contributed by atoms with Crippen molar-refractivity contribution < 1.29 is 41.4 Å². The Labute approximate surface area is 181 Å². The van der Waals surface area contributed by atoms with Crippen molar-refractivity contribution in [2.75, 3.05) is 6.67 Å². The van der Waals surface area contributed by atoms with E-state index < -0.39 is 24.8 Å². The molecule has 0 bridgehead atoms. The third kappa shape index (κ3) is 5.72. The highest BCUT2D eigenvalue weighted by Gasteiger charge is 2.31. The van der Waals surface area contributed by atoms with Gasteiger partial charge in [-0.25, -0.2) is 0 Å². The Bertz CT molecular complexity index is 1120. The first-order chi connectivity index (χ1) is 15.1. The van der Waals surface area contributed by atoms with Gasteiger partial charge < -0.3 is 19.0 Å². The molecule has 0 aliphatic heterocycles. The average molecular weight is 454 g/mol. The minimum atomic E-state index is -4.86. The topological polar surface area (TPSA) is 68.9 Å². The van der Waals surface area contributed by atoms with Crippen LogP contribution in [-0.2, 0) is 24.2 Å². The first-order valence-electron chi connectivity index (χ1n) is 9.88. The molecule has 0 saturated heterocycles. The number of carboxylic acids is 1. The monoisotopic (exact) mass is 454 g/mol. The molecule has 3 rings (SSSR count). The van der Waals surface area contributed by atoms with Crippen LogP contribution in [0.5, 0.6) is 11.5 Å². The molecule has 0 saturated carbocycles. The number of ether oxygens (including phenoxy) is 2. The maximum atomic E-state index is 12.7. The zero-order valence-electron chi connectivity index (χ0n) is 17.5. The molecule has 3 aromatic rings. The Morgan fingerprint density at radius 2 is 1.81 bits per heavy atom. The summed E-state index contributed by atoms with van der Waals surface area (Å²) in [7, 11) is 0. The lowest BCUT2D eigenvalue weighted by atomic mass is 9.99. The maximum Gasteiger partial charge on any atom is 0.573 e. The van der Waals surface area contributed by atoms with Gasteiger partial charge >= 0.3 is 12.3 Å². The van der Waals surface area contributed by atoms with Gasteiger partial charge in [-0.3, -0.25) is 9.18 Å². The highest BCUT2D eigenvalue weighted by molar-refractivity contribution is 5.83. The summed E-state index contributed by atoms with van der Waals surface area (Å²) in [5, 5.41) is 9.23. The van der Waals surface area contributed by atoms with E-state index in [1.807, 2.05) is 13.8 Å². The Kier molecular flexibility index (Phi) is 6.96. The van der Waals surface area contributed by atoms with E-state index in [1.54, 1.807) is 12.1 Å². The molecule has 0 amide bonds. The van der Waals surface area contributed by atoms with Gasteiger partial charge in [0.2, 0.25) is 0 Å². The number of halogens is 4. The molecule has 0 radical (unpaired) electrons. The molecule has 0 atom stereocenters. The van der Waals surface area contributed by atoms with E-state index >= 15 is 0 Å². The summed E-state index contributed by atoms with van der Waals surface area (Å²) in [5.41, 5.74) is 3.17. The van der Waals surface area contributed by atoms with Gasteiger partial charge in [0.25, 0.3) is 0 Å². The van der Waals surface area contributed by atoms with Crippen LogP contribution in [0.25, 0.3) is 11.0 Å². The number of hydrogen-bond donors (Lipinski definition) is 1. The molecule has 9 heteroatoms. The number of alkyl halides is 4. The number of carbonyl (C=O) groups is 1. The quantitative estimate of drug-likeness (QED) is 0.398. The van der Waals surface area contributed by atoms with Crippen LogP contribution in [0.3, 0.4) is 0 Å². The van der Waals surface area contributed by atoms with Crippen LogP contribution in [0, 0.1) is 13.8 Å². The van der Waals surface area contributed by atoms with E-state index in [4.69, 9.17) is 14.3 Å². The van der Waals surface area contributed by atoms with Crippen molar-refractivity contribution in [3.63, 3.8) is 0 Å². The number of rotatable bonds is 9. The molecule has 0 aliphatic rings. The standard InChI is InChI=1S/C23H22F4O5/c1-13-14(2)20(5-3-15(13)4-6-21(28)29)30-12-17-11-19(32-23(25,26)27)10-16-9-18(7-8-24)31-22(16)17/h3,5,9-11H,4,6-8,12H2,1-2H3,(H,28,29). The van der Waals surface area contributed by atoms with Crippen molar-refractivity contribution in [3.05, 3.63) is 58.3 Å². The molecular weight excluding hydrogens is 432 g/mol. The van der Waals surface area contributed by atoms with Crippen molar-refractivity contribution in [3.8, 4) is 11.5 Å². The maximum absolute atomic E-state index is 12.7. The van der Waals surface area contributed by atoms with Gasteiger partial charge in [-0.05, 0) is 61.2 Å². The molecule has 0 fully saturated rings. The molecule has 0 aliphatic carbocycles. The molecule has 0 spiro atoms. The van der Waals surface area contributed by atoms with Gasteiger partial charge in [0.05, 0.1) is 6.67 Å². The third-order valence-corrected chi connectivity index (χ3v) is 5.13. The van der Waals surface area contributed by atoms with E-state index in [9.17, 15) is 22.4 Å². The van der Waals surface area contributed by atoms with Crippen molar-refractivity contribution in [1.82, 2.24) is 0 Å². The lowest BCUT2D eigenvalue weighted by Crippen LogP contribution is -2.17. The molecule has 1 aromatic heterocycles. The van der Waals surface area contributed by atoms with E-state index in [0.717, 1.165) is 16.7 Å². The number of benzene rings is 2. The van der Waals surface area contributed by atoms with Crippen LogP contribution in [0.4, 0.5) is 17.6 Å². The molecular formula is C23H22F4O5. The van der Waals surface area contributed by atoms with E-state index in [1.165, 1.54) is 18.2 Å². The third-order valence-electron chi connectivity index (χ3n) is 5.13. The fraction of sp³-hybridized carbons (Fsp3) is 0.348. The lowest BCUT2D eigenvalue weighted by Gasteiger charge is -2.15. The summed E-state index contributed by atoms with van der Waals surface area (Å²) in [4.78, 5) is 10.8. The first-order valence-corrected chi connectivity index (χ1v) is 9.88. The Hall–Kier alpha value is -3.23. The highest BCUT2D eigenvalue weighted by atomic mass is 19.4. The largest absolute Gasteiger partial charge is 0.573 e. The van der Waals surface area contributed by atoms with Gasteiger partial charge in [0, 0.05) is 23.8 Å². The number of hydrogen-bond acceptors (Lipinski definition) is 4. The fourth-order valence-electron chi connectivity index (χ4n) is 3.44. The second-order valence-corrected chi connectivity index (χ2v) is 7.36. The van der Waals surface area contributed by atoms with Crippen molar-refractivity contribution in [2.45, 2.75) is 46.1 Å². The van der Waals surface area contributed by atoms with Crippen LogP contribution in [0.15, 0.2) is 34.7 Å². The molecule has 0 unspecified atom stereocenters. The summed E-state index contributed by atoms with van der Waals surface area (Å²) in [6.45, 7) is 2.90. The van der Waals surface area contributed by atoms with Crippen LogP contribution < -0.4 is 9.47 Å². The van der Waals surface area contributed by atoms with Crippen LogP contribution in [-0.4, -0.2) is 24.1 Å². The summed E-state index contributed by atoms with van der Waals surface area (Å²) >= 11 is 0. The Morgan fingerprint density at radius 1 is 1.06 bits per heavy atom. The van der Waals surface area contributed by atoms with E-state index in [2.05, 4.69) is 4.74 Å². The van der Waals surface area contributed by atoms with Gasteiger partial charge in [-0.2, -0.15) is 0 Å². The van der Waals surface area contributed by atoms with Crippen molar-refractivity contribution in [2.24, 2.45) is 0 Å². The number of aryl methyl sites for hydroxylation is 2. The fourth-order valence-corrected chi connectivity index (χ4v) is 3.44. The van der Waals surface area contributed by atoms with Gasteiger partial charge in [-0.15, -0.1) is 13.2 Å². The minimum absolute atomic E-state index is 0.000542. The smallest absolute Gasteiger partial charge is 0.488 e. The highest BCUT2D eigenvalue weighted by Crippen LogP contribution is 2.33. The Morgan fingerprint density at radius 3 is 2.47 bits per heavy atom. The SMILES string of the molecule is Cc1c(CCC(=O)O)ccc(OCc2cc(OC(F)(F)F)cc3cc(CCF)oc23)c1C. The average Bonchev–Trinajstić information content (AvgIpc) is 3.09. The normalized spacial score (nSPS) is 11.7. The molecule has 2 aromatic carbocycles. The number of furan rings is 1. The second-order valence-electron chi connectivity index (χ2n) is 7.36. The van der Waals surface area contributed by atoms with Crippen molar-refractivity contribution >= 4 is 16.9 Å². The van der Waals surface area contributed by atoms with Crippen LogP contribution in [0.2, 0.25) is 0 Å². The van der Waals surface area contributed by atoms with Crippen LogP contribution >= 0.6 is 0 Å². The summed E-state index contributed by atoms with van der Waals surface area (Å²) < 4.78 is 66.5. The zero-order valence-corrected chi connectivity index (χ0v) is 17.5. The predicted octanol–water partition coefficient (Wildman–Crippen LogP) is 6.06. The molecule has 1 N–H and O–H groups in total. The number of carboxylic acid groups (broad SMARTS) is 1. The zero-order chi connectivity index (χ0) is 23.5. The minimum Gasteiger partial charge on any atom is -0.488 e. The Balaban J connectivity index is 1.89. The van der Waals surface area contributed by atoms with E-state index in [0.29, 0.717) is 34.5 Å². The van der Waals surface area contributed by atoms with Gasteiger partial charge in [0.1, 0.15) is 29.4 Å². The van der Waals surface area contributed by atoms with Gasteiger partial charge in [0.15, 0.2) is 0 Å². The summed E-state index contributed by atoms with van der Waals surface area (Å²) in [5.74, 6) is -0.499. The molecule has 1 heterocycles. The van der Waals surface area contributed by atoms with Gasteiger partial charge in [-0.1, -0.05) is 6.07 Å². The first kappa shape index (κ1) is 23.4. The van der Waals surface area contributed by atoms with Crippen molar-refractivity contribution in [1.29, 1.82) is 0 Å². The predicted molar refractivity (Wildman–Crippen MR) is 109 cm³/mol. The summed E-state index contributed by atoms with van der Waals surface area (Å²) in [6.07, 6.45) is -4.48. The second kappa shape index (κ2) is 9.50. The summed E-state index contributed by atoms with van der Waals surface area (Å²) in [6, 6.07) is 7.32. The lowest BCUT2D eigenvalue weighted by molar-refractivity contribution is -0.274. The van der Waals surface area contributed by atoms with E-state index in [-0.39, 0.29) is 19.4 Å². The molecule has 172 valence electrons. The molecule has 5 nitrogen and oxygen atoms in total. The molecule has 32 heavy (non-hydrogen) atoms. The number of aliphatic carboxylic acids is 1.